The van der Waals surface area contributed by atoms with Gasteiger partial charge in [0.25, 0.3) is 0 Å². The Bertz CT molecular complexity index is 513. The molecule has 0 radical (unpaired) electrons. The lowest BCUT2D eigenvalue weighted by molar-refractivity contribution is -0.133. The molecule has 1 amide bonds. The van der Waals surface area contributed by atoms with E-state index in [9.17, 15) is 4.79 Å². The van der Waals surface area contributed by atoms with Crippen molar-refractivity contribution in [1.29, 1.82) is 0 Å². The van der Waals surface area contributed by atoms with Crippen molar-refractivity contribution in [3.05, 3.63) is 33.3 Å². The van der Waals surface area contributed by atoms with E-state index in [-0.39, 0.29) is 23.5 Å². The largest absolute Gasteiger partial charge is 0.329 e. The van der Waals surface area contributed by atoms with Crippen LogP contribution in [0.2, 0.25) is 5.02 Å². The lowest BCUT2D eigenvalue weighted by atomic mass is 9.97. The van der Waals surface area contributed by atoms with Gasteiger partial charge in [0.15, 0.2) is 0 Å². The summed E-state index contributed by atoms with van der Waals surface area (Å²) >= 11 is 9.70. The van der Waals surface area contributed by atoms with Crippen LogP contribution in [-0.2, 0) is 4.79 Å². The number of nitrogens with two attached hydrogens (primary N) is 1. The van der Waals surface area contributed by atoms with E-state index in [4.69, 9.17) is 17.3 Å². The highest BCUT2D eigenvalue weighted by atomic mass is 79.9. The Kier molecular flexibility index (Phi) is 3.96. The summed E-state index contributed by atoms with van der Waals surface area (Å²) in [6.45, 7) is 6.05. The summed E-state index contributed by atoms with van der Waals surface area (Å²) < 4.78 is 0.918. The molecule has 104 valence electrons. The van der Waals surface area contributed by atoms with Gasteiger partial charge in [0.05, 0.1) is 6.04 Å². The van der Waals surface area contributed by atoms with Crippen molar-refractivity contribution in [3.8, 4) is 0 Å². The smallest absolute Gasteiger partial charge is 0.225 e. The number of likely N-dealkylation sites (tertiary alicyclic amines) is 1. The summed E-state index contributed by atoms with van der Waals surface area (Å²) in [7, 11) is 0. The second-order valence-corrected chi connectivity index (χ2v) is 7.24. The molecule has 0 saturated carbocycles. The summed E-state index contributed by atoms with van der Waals surface area (Å²) in [4.78, 5) is 14.0. The first kappa shape index (κ1) is 14.8. The summed E-state index contributed by atoms with van der Waals surface area (Å²) in [5, 5.41) is 0.638. The van der Waals surface area contributed by atoms with E-state index in [2.05, 4.69) is 15.9 Å². The van der Waals surface area contributed by atoms with Crippen molar-refractivity contribution in [3.63, 3.8) is 0 Å². The molecule has 0 bridgehead atoms. The monoisotopic (exact) mass is 344 g/mol. The molecule has 2 atom stereocenters. The fraction of sp³-hybridized carbons (Fsp3) is 0.500. The Labute approximate surface area is 127 Å². The summed E-state index contributed by atoms with van der Waals surface area (Å²) in [6, 6.07) is 5.33. The average molecular weight is 346 g/mol. The summed E-state index contributed by atoms with van der Waals surface area (Å²) in [6.07, 6.45) is 0.369. The highest BCUT2D eigenvalue weighted by Crippen LogP contribution is 2.40. The Morgan fingerprint density at radius 2 is 2.05 bits per heavy atom. The lowest BCUT2D eigenvalue weighted by Gasteiger charge is -2.38. The van der Waals surface area contributed by atoms with Crippen LogP contribution < -0.4 is 5.73 Å². The first-order chi connectivity index (χ1) is 8.71. The van der Waals surface area contributed by atoms with Crippen LogP contribution in [0.3, 0.4) is 0 Å². The van der Waals surface area contributed by atoms with Crippen molar-refractivity contribution >= 4 is 33.4 Å². The van der Waals surface area contributed by atoms with E-state index >= 15 is 0 Å². The van der Waals surface area contributed by atoms with Gasteiger partial charge in [-0.05, 0) is 38.5 Å². The molecule has 1 aliphatic rings. The van der Waals surface area contributed by atoms with Gasteiger partial charge in [-0.25, -0.2) is 0 Å². The molecule has 1 aromatic carbocycles. The highest BCUT2D eigenvalue weighted by molar-refractivity contribution is 9.10. The Hall–Kier alpha value is -0.580. The van der Waals surface area contributed by atoms with Crippen molar-refractivity contribution in [2.45, 2.75) is 44.8 Å². The van der Waals surface area contributed by atoms with Crippen LogP contribution in [0.15, 0.2) is 22.7 Å². The molecule has 5 heteroatoms. The molecular weight excluding hydrogens is 328 g/mol. The van der Waals surface area contributed by atoms with E-state index in [0.717, 1.165) is 10.0 Å². The second-order valence-electron chi connectivity index (χ2n) is 5.91. The van der Waals surface area contributed by atoms with Gasteiger partial charge in [-0.2, -0.15) is 0 Å². The summed E-state index contributed by atoms with van der Waals surface area (Å²) in [5.74, 6) is 0.0870. The molecule has 1 saturated heterocycles. The second kappa shape index (κ2) is 5.08. The van der Waals surface area contributed by atoms with Crippen LogP contribution in [-0.4, -0.2) is 22.4 Å². The number of hydrogen-bond donors (Lipinski definition) is 1. The van der Waals surface area contributed by atoms with Gasteiger partial charge in [-0.3, -0.25) is 4.79 Å². The molecular formula is C14H18BrClN2O. The molecule has 0 spiro atoms. The standard InChI is InChI=1S/C14H18BrClN2O/c1-14(2,3)18-12(19)7-11(17)13(18)9-5-4-8(15)6-10(9)16/h4-6,11,13H,7,17H2,1-3H3. The van der Waals surface area contributed by atoms with E-state index in [1.54, 1.807) is 0 Å². The van der Waals surface area contributed by atoms with Gasteiger partial charge in [-0.1, -0.05) is 33.6 Å². The van der Waals surface area contributed by atoms with Gasteiger partial charge >= 0.3 is 0 Å². The molecule has 19 heavy (non-hydrogen) atoms. The van der Waals surface area contributed by atoms with Gasteiger partial charge in [0, 0.05) is 27.5 Å². The minimum atomic E-state index is -0.272. The molecule has 0 aromatic heterocycles. The third-order valence-electron chi connectivity index (χ3n) is 3.37. The molecule has 3 nitrogen and oxygen atoms in total. The van der Waals surface area contributed by atoms with Gasteiger partial charge in [-0.15, -0.1) is 0 Å². The number of carbonyl (C=O) groups excluding carboxylic acids is 1. The minimum absolute atomic E-state index is 0.0870. The number of halogens is 2. The zero-order chi connectivity index (χ0) is 14.4. The maximum Gasteiger partial charge on any atom is 0.225 e. The topological polar surface area (TPSA) is 46.3 Å². The van der Waals surface area contributed by atoms with Crippen molar-refractivity contribution in [2.24, 2.45) is 5.73 Å². The van der Waals surface area contributed by atoms with Crippen LogP contribution >= 0.6 is 27.5 Å². The number of hydrogen-bond acceptors (Lipinski definition) is 2. The predicted octanol–water partition coefficient (Wildman–Crippen LogP) is 3.50. The molecule has 2 N–H and O–H groups in total. The van der Waals surface area contributed by atoms with E-state index in [1.165, 1.54) is 0 Å². The van der Waals surface area contributed by atoms with Crippen molar-refractivity contribution < 1.29 is 4.79 Å². The van der Waals surface area contributed by atoms with Gasteiger partial charge in [0.1, 0.15) is 0 Å². The number of carbonyl (C=O) groups is 1. The number of amides is 1. The first-order valence-corrected chi connectivity index (χ1v) is 7.41. The fourth-order valence-corrected chi connectivity index (χ4v) is 3.45. The zero-order valence-electron chi connectivity index (χ0n) is 11.3. The van der Waals surface area contributed by atoms with Crippen LogP contribution in [0.1, 0.15) is 38.8 Å². The van der Waals surface area contributed by atoms with Gasteiger partial charge in [0.2, 0.25) is 5.91 Å². The van der Waals surface area contributed by atoms with Gasteiger partial charge < -0.3 is 10.6 Å². The molecule has 2 unspecified atom stereocenters. The molecule has 1 aromatic rings. The van der Waals surface area contributed by atoms with Crippen LogP contribution in [0.25, 0.3) is 0 Å². The van der Waals surface area contributed by atoms with E-state index in [0.29, 0.717) is 11.4 Å². The Morgan fingerprint density at radius 1 is 1.42 bits per heavy atom. The number of benzene rings is 1. The quantitative estimate of drug-likeness (QED) is 0.846. The first-order valence-electron chi connectivity index (χ1n) is 6.24. The number of nitrogens with zero attached hydrogens (tertiary/aromatic N) is 1. The van der Waals surface area contributed by atoms with Crippen LogP contribution in [0.5, 0.6) is 0 Å². The third-order valence-corrected chi connectivity index (χ3v) is 4.19. The summed E-state index contributed by atoms with van der Waals surface area (Å²) in [5.41, 5.74) is 6.81. The molecule has 1 heterocycles. The Balaban J connectivity index is 2.48. The third kappa shape index (κ3) is 2.81. The minimum Gasteiger partial charge on any atom is -0.329 e. The molecule has 0 aliphatic carbocycles. The predicted molar refractivity (Wildman–Crippen MR) is 81.1 cm³/mol. The lowest BCUT2D eigenvalue weighted by Crippen LogP contribution is -2.45. The molecule has 1 fully saturated rings. The van der Waals surface area contributed by atoms with E-state index in [1.807, 2.05) is 43.9 Å². The number of rotatable bonds is 1. The maximum absolute atomic E-state index is 12.2. The SMILES string of the molecule is CC(C)(C)N1C(=O)CC(N)C1c1ccc(Br)cc1Cl. The van der Waals surface area contributed by atoms with Crippen LogP contribution in [0, 0.1) is 0 Å². The van der Waals surface area contributed by atoms with E-state index < -0.39 is 0 Å². The van der Waals surface area contributed by atoms with Crippen LogP contribution in [0.4, 0.5) is 0 Å². The molecule has 1 aliphatic heterocycles. The average Bonchev–Trinajstić information content (AvgIpc) is 2.53. The maximum atomic E-state index is 12.2. The van der Waals surface area contributed by atoms with Crippen molar-refractivity contribution in [1.82, 2.24) is 4.90 Å². The van der Waals surface area contributed by atoms with Crippen molar-refractivity contribution in [2.75, 3.05) is 0 Å². The zero-order valence-corrected chi connectivity index (χ0v) is 13.6. The molecule has 2 rings (SSSR count). The normalized spacial score (nSPS) is 24.1. The fourth-order valence-electron chi connectivity index (χ4n) is 2.66. The Morgan fingerprint density at radius 3 is 2.58 bits per heavy atom. The highest BCUT2D eigenvalue weighted by Gasteiger charge is 2.44.